The van der Waals surface area contributed by atoms with E-state index in [-0.39, 0.29) is 18.6 Å². The van der Waals surface area contributed by atoms with Gasteiger partial charge in [-0.3, -0.25) is 0 Å². The molecule has 0 atom stereocenters. The predicted molar refractivity (Wildman–Crippen MR) is 78.6 cm³/mol. The SMILES string of the molecule is O=C(O)N1CCN(c2cc(C(F)(F)F)nc3ccccc23)CC1. The topological polar surface area (TPSA) is 56.7 Å². The van der Waals surface area contributed by atoms with Crippen molar-refractivity contribution in [3.63, 3.8) is 0 Å². The molecule has 1 aromatic heterocycles. The van der Waals surface area contributed by atoms with Crippen molar-refractivity contribution in [1.29, 1.82) is 0 Å². The zero-order valence-electron chi connectivity index (χ0n) is 12.0. The Morgan fingerprint density at radius 3 is 2.39 bits per heavy atom. The van der Waals surface area contributed by atoms with E-state index in [4.69, 9.17) is 5.11 Å². The summed E-state index contributed by atoms with van der Waals surface area (Å²) in [6, 6.07) is 7.69. The highest BCUT2D eigenvalue weighted by molar-refractivity contribution is 5.92. The second-order valence-corrected chi connectivity index (χ2v) is 5.30. The van der Waals surface area contributed by atoms with Crippen molar-refractivity contribution in [2.45, 2.75) is 6.18 Å². The first kappa shape index (κ1) is 15.4. The molecular weight excluding hydrogens is 311 g/mol. The molecule has 1 aromatic carbocycles. The number of piperazine rings is 1. The van der Waals surface area contributed by atoms with E-state index in [1.807, 2.05) is 0 Å². The Hall–Kier alpha value is -2.51. The van der Waals surface area contributed by atoms with Gasteiger partial charge < -0.3 is 14.9 Å². The number of amides is 1. The summed E-state index contributed by atoms with van der Waals surface area (Å²) in [5.41, 5.74) is -0.224. The van der Waals surface area contributed by atoms with Gasteiger partial charge in [0, 0.05) is 37.3 Å². The third-order valence-corrected chi connectivity index (χ3v) is 3.88. The van der Waals surface area contributed by atoms with Gasteiger partial charge in [0.05, 0.1) is 5.52 Å². The molecule has 0 saturated carbocycles. The minimum Gasteiger partial charge on any atom is -0.465 e. The van der Waals surface area contributed by atoms with Gasteiger partial charge in [0.25, 0.3) is 0 Å². The van der Waals surface area contributed by atoms with Crippen LogP contribution >= 0.6 is 0 Å². The number of alkyl halides is 3. The molecule has 3 rings (SSSR count). The summed E-state index contributed by atoms with van der Waals surface area (Å²) in [5.74, 6) is 0. The van der Waals surface area contributed by atoms with Gasteiger partial charge >= 0.3 is 12.3 Å². The summed E-state index contributed by atoms with van der Waals surface area (Å²) >= 11 is 0. The number of fused-ring (bicyclic) bond motifs is 1. The summed E-state index contributed by atoms with van der Waals surface area (Å²) in [4.78, 5) is 17.7. The Morgan fingerprint density at radius 2 is 1.78 bits per heavy atom. The number of hydrogen-bond acceptors (Lipinski definition) is 3. The van der Waals surface area contributed by atoms with Crippen LogP contribution in [0, 0.1) is 0 Å². The van der Waals surface area contributed by atoms with Gasteiger partial charge in [-0.05, 0) is 12.1 Å². The molecule has 23 heavy (non-hydrogen) atoms. The molecule has 0 spiro atoms. The standard InChI is InChI=1S/C15H14F3N3O2/c16-15(17,18)13-9-12(10-3-1-2-4-11(10)19-13)20-5-7-21(8-6-20)14(22)23/h1-4,9H,5-8H2,(H,22,23). The maximum absolute atomic E-state index is 13.1. The minimum atomic E-state index is -4.53. The van der Waals surface area contributed by atoms with E-state index in [9.17, 15) is 18.0 Å². The number of anilines is 1. The van der Waals surface area contributed by atoms with Gasteiger partial charge in [-0.15, -0.1) is 0 Å². The van der Waals surface area contributed by atoms with Gasteiger partial charge in [0.15, 0.2) is 0 Å². The maximum atomic E-state index is 13.1. The maximum Gasteiger partial charge on any atom is 0.433 e. The van der Waals surface area contributed by atoms with E-state index >= 15 is 0 Å². The number of para-hydroxylation sites is 1. The van der Waals surface area contributed by atoms with Crippen molar-refractivity contribution in [2.75, 3.05) is 31.1 Å². The molecule has 1 saturated heterocycles. The number of benzene rings is 1. The number of nitrogens with zero attached hydrogens (tertiary/aromatic N) is 3. The molecule has 2 heterocycles. The van der Waals surface area contributed by atoms with E-state index in [1.165, 1.54) is 4.90 Å². The first-order valence-electron chi connectivity index (χ1n) is 7.06. The molecule has 2 aromatic rings. The molecule has 1 aliphatic rings. The average Bonchev–Trinajstić information content (AvgIpc) is 2.53. The Balaban J connectivity index is 2.01. The van der Waals surface area contributed by atoms with Gasteiger partial charge in [-0.25, -0.2) is 9.78 Å². The lowest BCUT2D eigenvalue weighted by Gasteiger charge is -2.35. The van der Waals surface area contributed by atoms with Gasteiger partial charge in [0.1, 0.15) is 5.69 Å². The quantitative estimate of drug-likeness (QED) is 0.875. The third-order valence-electron chi connectivity index (χ3n) is 3.88. The molecule has 0 bridgehead atoms. The Labute approximate surface area is 129 Å². The molecular formula is C15H14F3N3O2. The largest absolute Gasteiger partial charge is 0.465 e. The number of hydrogen-bond donors (Lipinski definition) is 1. The van der Waals surface area contributed by atoms with Crippen molar-refractivity contribution in [1.82, 2.24) is 9.88 Å². The van der Waals surface area contributed by atoms with Crippen molar-refractivity contribution >= 4 is 22.7 Å². The van der Waals surface area contributed by atoms with Crippen LogP contribution < -0.4 is 4.90 Å². The fraction of sp³-hybridized carbons (Fsp3) is 0.333. The monoisotopic (exact) mass is 325 g/mol. The molecule has 1 fully saturated rings. The fourth-order valence-corrected chi connectivity index (χ4v) is 2.70. The molecule has 5 nitrogen and oxygen atoms in total. The zero-order chi connectivity index (χ0) is 16.6. The highest BCUT2D eigenvalue weighted by Crippen LogP contribution is 2.34. The van der Waals surface area contributed by atoms with E-state index in [2.05, 4.69) is 4.98 Å². The Bertz CT molecular complexity index is 740. The lowest BCUT2D eigenvalue weighted by atomic mass is 10.1. The normalized spacial score (nSPS) is 16.0. The van der Waals surface area contributed by atoms with Gasteiger partial charge in [-0.2, -0.15) is 13.2 Å². The van der Waals surface area contributed by atoms with Crippen LogP contribution in [-0.4, -0.2) is 47.3 Å². The van der Waals surface area contributed by atoms with Crippen LogP contribution in [0.1, 0.15) is 5.69 Å². The van der Waals surface area contributed by atoms with E-state index in [0.717, 1.165) is 6.07 Å². The number of carboxylic acid groups (broad SMARTS) is 1. The molecule has 0 radical (unpaired) electrons. The van der Waals surface area contributed by atoms with Crippen LogP contribution in [0.5, 0.6) is 0 Å². The molecule has 0 aliphatic carbocycles. The van der Waals surface area contributed by atoms with Crippen LogP contribution in [0.25, 0.3) is 10.9 Å². The number of rotatable bonds is 1. The van der Waals surface area contributed by atoms with Crippen molar-refractivity contribution in [2.24, 2.45) is 0 Å². The first-order valence-corrected chi connectivity index (χ1v) is 7.06. The molecule has 1 amide bonds. The summed E-state index contributed by atoms with van der Waals surface area (Å²) in [7, 11) is 0. The second-order valence-electron chi connectivity index (χ2n) is 5.30. The third kappa shape index (κ3) is 3.01. The summed E-state index contributed by atoms with van der Waals surface area (Å²) in [6.45, 7) is 1.20. The number of pyridine rings is 1. The summed E-state index contributed by atoms with van der Waals surface area (Å²) in [6.07, 6.45) is -5.54. The Kier molecular flexibility index (Phi) is 3.75. The van der Waals surface area contributed by atoms with E-state index < -0.39 is 18.0 Å². The lowest BCUT2D eigenvalue weighted by Crippen LogP contribution is -2.48. The van der Waals surface area contributed by atoms with Gasteiger partial charge in [-0.1, -0.05) is 18.2 Å². The molecule has 0 unspecified atom stereocenters. The predicted octanol–water partition coefficient (Wildman–Crippen LogP) is 3.05. The number of aromatic nitrogens is 1. The Morgan fingerprint density at radius 1 is 1.13 bits per heavy atom. The fourth-order valence-electron chi connectivity index (χ4n) is 2.70. The highest BCUT2D eigenvalue weighted by Gasteiger charge is 2.34. The van der Waals surface area contributed by atoms with Crippen LogP contribution in [0.4, 0.5) is 23.7 Å². The van der Waals surface area contributed by atoms with Crippen LogP contribution in [0.15, 0.2) is 30.3 Å². The zero-order valence-corrected chi connectivity index (χ0v) is 12.0. The van der Waals surface area contributed by atoms with Crippen LogP contribution in [-0.2, 0) is 6.18 Å². The lowest BCUT2D eigenvalue weighted by molar-refractivity contribution is -0.140. The van der Waals surface area contributed by atoms with Crippen molar-refractivity contribution in [3.05, 3.63) is 36.0 Å². The second kappa shape index (κ2) is 5.60. The van der Waals surface area contributed by atoms with Crippen molar-refractivity contribution in [3.8, 4) is 0 Å². The molecule has 122 valence electrons. The minimum absolute atomic E-state index is 0.257. The smallest absolute Gasteiger partial charge is 0.433 e. The summed E-state index contributed by atoms with van der Waals surface area (Å²) < 4.78 is 39.2. The van der Waals surface area contributed by atoms with Crippen LogP contribution in [0.3, 0.4) is 0 Å². The van der Waals surface area contributed by atoms with E-state index in [1.54, 1.807) is 29.2 Å². The van der Waals surface area contributed by atoms with E-state index in [0.29, 0.717) is 24.2 Å². The average molecular weight is 325 g/mol. The number of halogens is 3. The highest BCUT2D eigenvalue weighted by atomic mass is 19.4. The van der Waals surface area contributed by atoms with Crippen molar-refractivity contribution < 1.29 is 23.1 Å². The number of carbonyl (C=O) groups is 1. The first-order chi connectivity index (χ1) is 10.9. The molecule has 8 heteroatoms. The molecule has 1 aliphatic heterocycles. The van der Waals surface area contributed by atoms with Gasteiger partial charge in [0.2, 0.25) is 0 Å². The molecule has 1 N–H and O–H groups in total. The van der Waals surface area contributed by atoms with Crippen LogP contribution in [0.2, 0.25) is 0 Å². The summed E-state index contributed by atoms with van der Waals surface area (Å²) in [5, 5.41) is 9.60.